The van der Waals surface area contributed by atoms with E-state index in [1.54, 1.807) is 6.07 Å². The van der Waals surface area contributed by atoms with Crippen molar-refractivity contribution in [1.82, 2.24) is 20.6 Å². The van der Waals surface area contributed by atoms with Gasteiger partial charge in [0.2, 0.25) is 0 Å². The van der Waals surface area contributed by atoms with Crippen molar-refractivity contribution in [2.75, 3.05) is 17.7 Å². The lowest BCUT2D eigenvalue weighted by atomic mass is 10.2. The van der Waals surface area contributed by atoms with Crippen LogP contribution in [0.15, 0.2) is 18.2 Å². The van der Waals surface area contributed by atoms with Crippen LogP contribution in [0.2, 0.25) is 0 Å². The summed E-state index contributed by atoms with van der Waals surface area (Å²) in [6, 6.07) is 5.51. The minimum atomic E-state index is 0.492. The summed E-state index contributed by atoms with van der Waals surface area (Å²) in [5.74, 6) is 1.27. The van der Waals surface area contributed by atoms with E-state index in [4.69, 9.17) is 10.5 Å². The highest BCUT2D eigenvalue weighted by molar-refractivity contribution is 5.61. The third-order valence-corrected chi connectivity index (χ3v) is 2.15. The second-order valence-corrected chi connectivity index (χ2v) is 3.37. The number of nitrogens with two attached hydrogens (primary N) is 1. The minimum absolute atomic E-state index is 0.492. The van der Waals surface area contributed by atoms with Crippen molar-refractivity contribution in [2.45, 2.75) is 13.5 Å². The molecule has 1 heterocycles. The summed E-state index contributed by atoms with van der Waals surface area (Å²) in [5, 5.41) is 16.7. The van der Waals surface area contributed by atoms with Crippen molar-refractivity contribution in [1.29, 1.82) is 0 Å². The Morgan fingerprint density at radius 3 is 3.06 bits per heavy atom. The van der Waals surface area contributed by atoms with Gasteiger partial charge in [-0.3, -0.25) is 0 Å². The predicted octanol–water partition coefficient (Wildman–Crippen LogP) is 0.793. The Kier molecular flexibility index (Phi) is 3.39. The number of tetrazole rings is 1. The van der Waals surface area contributed by atoms with Crippen LogP contribution in [0.3, 0.4) is 0 Å². The molecule has 7 nitrogen and oxygen atoms in total. The molecule has 0 amide bonds. The van der Waals surface area contributed by atoms with Crippen LogP contribution in [0.1, 0.15) is 12.7 Å². The Morgan fingerprint density at radius 1 is 1.47 bits per heavy atom. The van der Waals surface area contributed by atoms with Crippen molar-refractivity contribution in [2.24, 2.45) is 0 Å². The molecule has 0 aliphatic rings. The number of aromatic amines is 1. The lowest BCUT2D eigenvalue weighted by Gasteiger charge is -2.09. The van der Waals surface area contributed by atoms with Gasteiger partial charge in [-0.05, 0) is 19.1 Å². The number of nitrogen functional groups attached to an aromatic ring is 1. The molecule has 0 spiro atoms. The van der Waals surface area contributed by atoms with Crippen LogP contribution in [0.5, 0.6) is 5.75 Å². The molecule has 7 heteroatoms. The normalized spacial score (nSPS) is 10.2. The average molecular weight is 234 g/mol. The van der Waals surface area contributed by atoms with Gasteiger partial charge < -0.3 is 15.8 Å². The molecule has 0 unspecified atom stereocenters. The maximum Gasteiger partial charge on any atom is 0.193 e. The monoisotopic (exact) mass is 234 g/mol. The second-order valence-electron chi connectivity index (χ2n) is 3.37. The first-order valence-corrected chi connectivity index (χ1v) is 5.28. The van der Waals surface area contributed by atoms with E-state index in [1.165, 1.54) is 0 Å². The van der Waals surface area contributed by atoms with E-state index in [2.05, 4.69) is 25.9 Å². The van der Waals surface area contributed by atoms with Gasteiger partial charge in [-0.1, -0.05) is 5.21 Å². The van der Waals surface area contributed by atoms with Crippen LogP contribution in [0.4, 0.5) is 11.4 Å². The minimum Gasteiger partial charge on any atom is -0.492 e. The van der Waals surface area contributed by atoms with E-state index in [1.807, 2.05) is 19.1 Å². The number of hydrogen-bond acceptors (Lipinski definition) is 6. The summed E-state index contributed by atoms with van der Waals surface area (Å²) in [6.45, 7) is 2.99. The Hall–Kier alpha value is -2.31. The van der Waals surface area contributed by atoms with Gasteiger partial charge in [-0.25, -0.2) is 0 Å². The molecule has 0 atom stereocenters. The van der Waals surface area contributed by atoms with Crippen LogP contribution in [-0.2, 0) is 6.54 Å². The van der Waals surface area contributed by atoms with Gasteiger partial charge in [0.05, 0.1) is 18.8 Å². The number of anilines is 2. The average Bonchev–Trinajstić information content (AvgIpc) is 2.83. The van der Waals surface area contributed by atoms with Gasteiger partial charge in [-0.15, -0.1) is 10.2 Å². The first kappa shape index (κ1) is 11.2. The Labute approximate surface area is 98.4 Å². The van der Waals surface area contributed by atoms with E-state index in [9.17, 15) is 0 Å². The second kappa shape index (κ2) is 5.15. The van der Waals surface area contributed by atoms with E-state index in [-0.39, 0.29) is 0 Å². The number of benzene rings is 1. The number of hydrogen-bond donors (Lipinski definition) is 3. The summed E-state index contributed by atoms with van der Waals surface area (Å²) in [6.07, 6.45) is 0. The molecule has 0 saturated heterocycles. The largest absolute Gasteiger partial charge is 0.492 e. The van der Waals surface area contributed by atoms with Crippen LogP contribution < -0.4 is 15.8 Å². The predicted molar refractivity (Wildman–Crippen MR) is 63.5 cm³/mol. The third kappa shape index (κ3) is 2.83. The van der Waals surface area contributed by atoms with Gasteiger partial charge in [0.25, 0.3) is 0 Å². The zero-order valence-corrected chi connectivity index (χ0v) is 9.47. The molecule has 0 radical (unpaired) electrons. The Bertz CT molecular complexity index is 470. The van der Waals surface area contributed by atoms with E-state index in [0.717, 1.165) is 5.69 Å². The number of aromatic nitrogens is 4. The topological polar surface area (TPSA) is 102 Å². The first-order chi connectivity index (χ1) is 8.29. The zero-order valence-electron chi connectivity index (χ0n) is 9.47. The van der Waals surface area contributed by atoms with Gasteiger partial charge in [-0.2, -0.15) is 5.21 Å². The molecule has 90 valence electrons. The van der Waals surface area contributed by atoms with E-state index < -0.39 is 0 Å². The maximum absolute atomic E-state index is 5.77. The molecule has 17 heavy (non-hydrogen) atoms. The number of rotatable bonds is 5. The summed E-state index contributed by atoms with van der Waals surface area (Å²) < 4.78 is 5.40. The van der Waals surface area contributed by atoms with Gasteiger partial charge in [0.1, 0.15) is 5.75 Å². The summed E-state index contributed by atoms with van der Waals surface area (Å²) in [5.41, 5.74) is 7.29. The highest BCUT2D eigenvalue weighted by Crippen LogP contribution is 2.25. The zero-order chi connectivity index (χ0) is 12.1. The molecule has 0 bridgehead atoms. The molecule has 1 aromatic heterocycles. The summed E-state index contributed by atoms with van der Waals surface area (Å²) in [7, 11) is 0. The van der Waals surface area contributed by atoms with Crippen LogP contribution in [0.25, 0.3) is 0 Å². The quantitative estimate of drug-likeness (QED) is 0.661. The van der Waals surface area contributed by atoms with Gasteiger partial charge in [0, 0.05) is 11.8 Å². The Balaban J connectivity index is 2.03. The van der Waals surface area contributed by atoms with Crippen molar-refractivity contribution >= 4 is 11.4 Å². The molecule has 1 aromatic carbocycles. The first-order valence-electron chi connectivity index (χ1n) is 5.28. The molecular weight excluding hydrogens is 220 g/mol. The summed E-state index contributed by atoms with van der Waals surface area (Å²) >= 11 is 0. The highest BCUT2D eigenvalue weighted by Gasteiger charge is 2.03. The van der Waals surface area contributed by atoms with Crippen LogP contribution in [0, 0.1) is 0 Å². The molecule has 2 aromatic rings. The van der Waals surface area contributed by atoms with E-state index >= 15 is 0 Å². The lowest BCUT2D eigenvalue weighted by Crippen LogP contribution is -2.03. The molecule has 0 aliphatic heterocycles. The fourth-order valence-corrected chi connectivity index (χ4v) is 1.36. The van der Waals surface area contributed by atoms with Crippen molar-refractivity contribution in [3.8, 4) is 5.75 Å². The third-order valence-electron chi connectivity index (χ3n) is 2.15. The SMILES string of the molecule is CCOc1cc(NCc2nn[nH]n2)ccc1N. The van der Waals surface area contributed by atoms with Crippen molar-refractivity contribution in [3.05, 3.63) is 24.0 Å². The van der Waals surface area contributed by atoms with E-state index in [0.29, 0.717) is 30.4 Å². The van der Waals surface area contributed by atoms with Crippen molar-refractivity contribution < 1.29 is 4.74 Å². The number of nitrogens with zero attached hydrogens (tertiary/aromatic N) is 3. The molecule has 0 aliphatic carbocycles. The van der Waals surface area contributed by atoms with Crippen molar-refractivity contribution in [3.63, 3.8) is 0 Å². The highest BCUT2D eigenvalue weighted by atomic mass is 16.5. The molecular formula is C10H14N6O. The Morgan fingerprint density at radius 2 is 2.35 bits per heavy atom. The number of ether oxygens (including phenoxy) is 1. The standard InChI is InChI=1S/C10H14N6O/c1-2-17-9-5-7(3-4-8(9)11)12-6-10-13-15-16-14-10/h3-5,12H,2,6,11H2,1H3,(H,13,14,15,16). The van der Waals surface area contributed by atoms with Crippen LogP contribution >= 0.6 is 0 Å². The molecule has 0 saturated carbocycles. The molecule has 0 fully saturated rings. The molecule has 4 N–H and O–H groups in total. The lowest BCUT2D eigenvalue weighted by molar-refractivity contribution is 0.342. The van der Waals surface area contributed by atoms with Crippen LogP contribution in [-0.4, -0.2) is 27.2 Å². The number of nitrogens with one attached hydrogen (secondary N) is 2. The summed E-state index contributed by atoms with van der Waals surface area (Å²) in [4.78, 5) is 0. The smallest absolute Gasteiger partial charge is 0.193 e. The van der Waals surface area contributed by atoms with Gasteiger partial charge >= 0.3 is 0 Å². The fourth-order valence-electron chi connectivity index (χ4n) is 1.36. The molecule has 2 rings (SSSR count). The number of H-pyrrole nitrogens is 1. The fraction of sp³-hybridized carbons (Fsp3) is 0.300. The maximum atomic E-state index is 5.77. The van der Waals surface area contributed by atoms with Gasteiger partial charge in [0.15, 0.2) is 5.82 Å².